The molecule has 0 radical (unpaired) electrons. The maximum absolute atomic E-state index is 11.7. The van der Waals surface area contributed by atoms with Gasteiger partial charge in [0.15, 0.2) is 0 Å². The maximum Gasteiger partial charge on any atom is 0.234 e. The average Bonchev–Trinajstić information content (AvgIpc) is 2.54. The summed E-state index contributed by atoms with van der Waals surface area (Å²) in [6, 6.07) is 8.74. The predicted molar refractivity (Wildman–Crippen MR) is 92.0 cm³/mol. The minimum absolute atomic E-state index is 0.0346. The van der Waals surface area contributed by atoms with Crippen LogP contribution in [0.4, 0.5) is 5.69 Å². The summed E-state index contributed by atoms with van der Waals surface area (Å²) in [5.74, 6) is 0.0346. The lowest BCUT2D eigenvalue weighted by Gasteiger charge is -2.29. The molecule has 22 heavy (non-hydrogen) atoms. The summed E-state index contributed by atoms with van der Waals surface area (Å²) in [6.07, 6.45) is 5.64. The third-order valence-electron chi connectivity index (χ3n) is 3.97. The van der Waals surface area contributed by atoms with Gasteiger partial charge in [0.05, 0.1) is 6.54 Å². The van der Waals surface area contributed by atoms with E-state index < -0.39 is 0 Å². The molecule has 0 spiro atoms. The molecule has 0 saturated carbocycles. The van der Waals surface area contributed by atoms with Crippen LogP contribution in [-0.2, 0) is 11.3 Å². The molecule has 1 amide bonds. The van der Waals surface area contributed by atoms with E-state index in [9.17, 15) is 4.79 Å². The first-order chi connectivity index (χ1) is 10.7. The Bertz CT molecular complexity index is 478. The Morgan fingerprint density at radius 1 is 1.27 bits per heavy atom. The van der Waals surface area contributed by atoms with Crippen molar-refractivity contribution in [1.82, 2.24) is 10.2 Å². The second-order valence-corrected chi connectivity index (χ2v) is 5.98. The van der Waals surface area contributed by atoms with E-state index in [0.717, 1.165) is 6.54 Å². The van der Waals surface area contributed by atoms with Crippen LogP contribution in [0.3, 0.4) is 0 Å². The number of rotatable bonds is 7. The van der Waals surface area contributed by atoms with Crippen LogP contribution in [0.2, 0.25) is 0 Å². The summed E-state index contributed by atoms with van der Waals surface area (Å²) in [6.45, 7) is 7.64. The van der Waals surface area contributed by atoms with E-state index in [4.69, 9.17) is 0 Å². The molecule has 4 heteroatoms. The lowest BCUT2D eigenvalue weighted by Crippen LogP contribution is -2.34. The van der Waals surface area contributed by atoms with Crippen molar-refractivity contribution >= 4 is 11.6 Å². The normalized spacial score (nSPS) is 14.9. The molecule has 1 aromatic carbocycles. The van der Waals surface area contributed by atoms with Crippen LogP contribution < -0.4 is 10.2 Å². The van der Waals surface area contributed by atoms with Gasteiger partial charge in [-0.05, 0) is 44.0 Å². The first-order valence-corrected chi connectivity index (χ1v) is 8.09. The molecule has 0 atom stereocenters. The molecule has 1 fully saturated rings. The second-order valence-electron chi connectivity index (χ2n) is 5.98. The number of benzene rings is 1. The van der Waals surface area contributed by atoms with Crippen molar-refractivity contribution in [3.8, 4) is 0 Å². The topological polar surface area (TPSA) is 35.6 Å². The molecule has 0 bridgehead atoms. The molecule has 1 aromatic rings. The van der Waals surface area contributed by atoms with E-state index in [1.54, 1.807) is 6.08 Å². The Morgan fingerprint density at radius 2 is 1.95 bits per heavy atom. The highest BCUT2D eigenvalue weighted by molar-refractivity contribution is 5.78. The van der Waals surface area contributed by atoms with E-state index in [1.807, 2.05) is 11.9 Å². The van der Waals surface area contributed by atoms with E-state index in [0.29, 0.717) is 13.1 Å². The Morgan fingerprint density at radius 3 is 2.59 bits per heavy atom. The summed E-state index contributed by atoms with van der Waals surface area (Å²) in [5, 5.41) is 2.80. The van der Waals surface area contributed by atoms with Crippen molar-refractivity contribution < 1.29 is 4.79 Å². The quantitative estimate of drug-likeness (QED) is 0.786. The van der Waals surface area contributed by atoms with Crippen molar-refractivity contribution in [3.63, 3.8) is 0 Å². The summed E-state index contributed by atoms with van der Waals surface area (Å²) in [7, 11) is 1.96. The fraction of sp³-hybridized carbons (Fsp3) is 0.500. The van der Waals surface area contributed by atoms with E-state index in [2.05, 4.69) is 41.1 Å². The molecule has 0 aliphatic carbocycles. The molecule has 120 valence electrons. The Hall–Kier alpha value is -1.81. The number of amides is 1. The summed E-state index contributed by atoms with van der Waals surface area (Å²) in [4.78, 5) is 16.1. The number of carbonyl (C=O) groups excluding carboxylic acids is 1. The highest BCUT2D eigenvalue weighted by Crippen LogP contribution is 2.20. The van der Waals surface area contributed by atoms with Crippen LogP contribution in [0, 0.1) is 0 Å². The van der Waals surface area contributed by atoms with Crippen LogP contribution in [-0.4, -0.2) is 44.0 Å². The number of hydrogen-bond donors (Lipinski definition) is 1. The summed E-state index contributed by atoms with van der Waals surface area (Å²) < 4.78 is 0. The number of hydrogen-bond acceptors (Lipinski definition) is 3. The smallest absolute Gasteiger partial charge is 0.234 e. The number of nitrogens with one attached hydrogen (secondary N) is 1. The number of nitrogens with zero attached hydrogens (tertiary/aromatic N) is 2. The molecule has 4 nitrogen and oxygen atoms in total. The van der Waals surface area contributed by atoms with Gasteiger partial charge in [0.1, 0.15) is 0 Å². The van der Waals surface area contributed by atoms with Gasteiger partial charge in [0.2, 0.25) is 5.91 Å². The van der Waals surface area contributed by atoms with E-state index in [1.165, 1.54) is 43.6 Å². The number of likely N-dealkylation sites (N-methyl/N-ethyl adjacent to an activating group) is 1. The highest BCUT2D eigenvalue weighted by atomic mass is 16.2. The largest absolute Gasteiger partial charge is 0.372 e. The molecule has 1 saturated heterocycles. The van der Waals surface area contributed by atoms with Gasteiger partial charge in [-0.1, -0.05) is 18.2 Å². The van der Waals surface area contributed by atoms with E-state index in [-0.39, 0.29) is 5.91 Å². The SMILES string of the molecule is C=CCNC(=O)CN(C)Cc1ccc(N2CCCCC2)cc1. The molecular formula is C18H27N3O. The Labute approximate surface area is 133 Å². The molecule has 0 aromatic heterocycles. The third-order valence-corrected chi connectivity index (χ3v) is 3.97. The van der Waals surface area contributed by atoms with Crippen LogP contribution >= 0.6 is 0 Å². The third kappa shape index (κ3) is 5.19. The molecule has 0 unspecified atom stereocenters. The zero-order valence-electron chi connectivity index (χ0n) is 13.6. The Balaban J connectivity index is 1.82. The zero-order chi connectivity index (χ0) is 15.8. The van der Waals surface area contributed by atoms with E-state index >= 15 is 0 Å². The average molecular weight is 301 g/mol. The summed E-state index contributed by atoms with van der Waals surface area (Å²) in [5.41, 5.74) is 2.55. The standard InChI is InChI=1S/C18H27N3O/c1-3-11-19-18(22)15-20(2)14-16-7-9-17(10-8-16)21-12-5-4-6-13-21/h3,7-10H,1,4-6,11-15H2,2H3,(H,19,22). The number of carbonyl (C=O) groups is 1. The summed E-state index contributed by atoms with van der Waals surface area (Å²) >= 11 is 0. The van der Waals surface area contributed by atoms with Gasteiger partial charge in [0.25, 0.3) is 0 Å². The highest BCUT2D eigenvalue weighted by Gasteiger charge is 2.11. The first-order valence-electron chi connectivity index (χ1n) is 8.09. The van der Waals surface area contributed by atoms with Crippen molar-refractivity contribution in [2.75, 3.05) is 38.1 Å². The molecule has 1 aliphatic rings. The van der Waals surface area contributed by atoms with Crippen molar-refractivity contribution in [3.05, 3.63) is 42.5 Å². The van der Waals surface area contributed by atoms with Crippen molar-refractivity contribution in [1.29, 1.82) is 0 Å². The van der Waals surface area contributed by atoms with Gasteiger partial charge in [-0.15, -0.1) is 6.58 Å². The van der Waals surface area contributed by atoms with Crippen LogP contribution in [0.25, 0.3) is 0 Å². The predicted octanol–water partition coefficient (Wildman–Crippen LogP) is 2.41. The monoisotopic (exact) mass is 301 g/mol. The molecule has 1 heterocycles. The molecular weight excluding hydrogens is 274 g/mol. The van der Waals surface area contributed by atoms with Gasteiger partial charge >= 0.3 is 0 Å². The second kappa shape index (κ2) is 8.59. The molecule has 1 N–H and O–H groups in total. The van der Waals surface area contributed by atoms with Crippen molar-refractivity contribution in [2.24, 2.45) is 0 Å². The maximum atomic E-state index is 11.7. The van der Waals surface area contributed by atoms with Crippen LogP contribution in [0.1, 0.15) is 24.8 Å². The Kier molecular flexibility index (Phi) is 6.46. The minimum atomic E-state index is 0.0346. The van der Waals surface area contributed by atoms with Gasteiger partial charge in [-0.25, -0.2) is 0 Å². The zero-order valence-corrected chi connectivity index (χ0v) is 13.6. The number of piperidine rings is 1. The van der Waals surface area contributed by atoms with Crippen LogP contribution in [0.5, 0.6) is 0 Å². The van der Waals surface area contributed by atoms with Crippen molar-refractivity contribution in [2.45, 2.75) is 25.8 Å². The fourth-order valence-electron chi connectivity index (χ4n) is 2.82. The first kappa shape index (κ1) is 16.6. The lowest BCUT2D eigenvalue weighted by molar-refractivity contribution is -0.121. The fourth-order valence-corrected chi connectivity index (χ4v) is 2.82. The van der Waals surface area contributed by atoms with Gasteiger partial charge in [-0.2, -0.15) is 0 Å². The number of anilines is 1. The lowest BCUT2D eigenvalue weighted by atomic mass is 10.1. The molecule has 2 rings (SSSR count). The molecule has 1 aliphatic heterocycles. The minimum Gasteiger partial charge on any atom is -0.372 e. The van der Waals surface area contributed by atoms with Gasteiger partial charge in [-0.3, -0.25) is 9.69 Å². The van der Waals surface area contributed by atoms with Gasteiger partial charge in [0, 0.05) is 31.9 Å². The van der Waals surface area contributed by atoms with Crippen LogP contribution in [0.15, 0.2) is 36.9 Å². The van der Waals surface area contributed by atoms with Gasteiger partial charge < -0.3 is 10.2 Å².